The van der Waals surface area contributed by atoms with Crippen molar-refractivity contribution in [3.8, 4) is 0 Å². The van der Waals surface area contributed by atoms with Gasteiger partial charge in [0.25, 0.3) is 0 Å². The minimum atomic E-state index is -3.51. The van der Waals surface area contributed by atoms with Gasteiger partial charge in [0, 0.05) is 33.0 Å². The van der Waals surface area contributed by atoms with E-state index in [9.17, 15) is 13.2 Å². The lowest BCUT2D eigenvalue weighted by molar-refractivity contribution is -0.121. The highest BCUT2D eigenvalue weighted by molar-refractivity contribution is 7.89. The van der Waals surface area contributed by atoms with E-state index in [1.807, 2.05) is 48.0 Å². The lowest BCUT2D eigenvalue weighted by Crippen LogP contribution is -2.35. The number of benzene rings is 2. The summed E-state index contributed by atoms with van der Waals surface area (Å²) < 4.78 is 29.6. The Morgan fingerprint density at radius 2 is 1.82 bits per heavy atom. The summed E-state index contributed by atoms with van der Waals surface area (Å²) in [6.07, 6.45) is 5.56. The number of hydrogen-bond donors (Lipinski definition) is 1. The van der Waals surface area contributed by atoms with Crippen LogP contribution in [0.1, 0.15) is 62.9 Å². The zero-order valence-corrected chi connectivity index (χ0v) is 20.9. The second kappa shape index (κ2) is 10.7. The summed E-state index contributed by atoms with van der Waals surface area (Å²) in [5, 5.41) is 3.16. The molecule has 2 heterocycles. The largest absolute Gasteiger partial charge is 0.349 e. The Balaban J connectivity index is 1.46. The predicted molar refractivity (Wildman–Crippen MR) is 134 cm³/mol. The second-order valence-electron chi connectivity index (χ2n) is 9.02. The number of fused-ring (bicyclic) bond motifs is 1. The molecule has 4 rings (SSSR count). The Bertz CT molecular complexity index is 1230. The number of amides is 1. The van der Waals surface area contributed by atoms with Crippen LogP contribution < -0.4 is 5.32 Å². The van der Waals surface area contributed by atoms with Gasteiger partial charge in [-0.15, -0.1) is 0 Å². The number of aryl methyl sites for hydroxylation is 2. The van der Waals surface area contributed by atoms with Gasteiger partial charge in [-0.2, -0.15) is 4.31 Å². The molecule has 1 atom stereocenters. The maximum absolute atomic E-state index is 13.0. The monoisotopic (exact) mass is 482 g/mol. The normalized spacial score (nSPS) is 15.9. The van der Waals surface area contributed by atoms with E-state index in [1.54, 1.807) is 16.4 Å². The van der Waals surface area contributed by atoms with Crippen molar-refractivity contribution in [1.29, 1.82) is 0 Å². The Morgan fingerprint density at radius 3 is 2.53 bits per heavy atom. The standard InChI is InChI=1S/C26H34N4O3S/c1-3-10-22(20-11-6-4-7-12-20)28-26(31)16-15-25-27-23-19-21(13-14-24(23)29(25)2)34(32,33)30-17-8-5-9-18-30/h4,6-7,11-14,19,22H,3,5,8-10,15-18H2,1-2H3,(H,28,31). The number of carbonyl (C=O) groups excluding carboxylic acids is 1. The number of piperidine rings is 1. The van der Waals surface area contributed by atoms with Gasteiger partial charge in [-0.1, -0.05) is 50.1 Å². The summed E-state index contributed by atoms with van der Waals surface area (Å²) in [5.41, 5.74) is 2.62. The minimum absolute atomic E-state index is 0.00157. The maximum atomic E-state index is 13.0. The number of imidazole rings is 1. The minimum Gasteiger partial charge on any atom is -0.349 e. The highest BCUT2D eigenvalue weighted by Gasteiger charge is 2.26. The SMILES string of the molecule is CCCC(NC(=O)CCc1nc2cc(S(=O)(=O)N3CCCCC3)ccc2n1C)c1ccccc1. The molecular weight excluding hydrogens is 448 g/mol. The van der Waals surface area contributed by atoms with Gasteiger partial charge in [0.15, 0.2) is 0 Å². The molecule has 0 bridgehead atoms. The van der Waals surface area contributed by atoms with Crippen LogP contribution in [-0.2, 0) is 28.3 Å². The first-order chi connectivity index (χ1) is 16.4. The van der Waals surface area contributed by atoms with Gasteiger partial charge in [0.1, 0.15) is 5.82 Å². The van der Waals surface area contributed by atoms with E-state index in [4.69, 9.17) is 0 Å². The van der Waals surface area contributed by atoms with Gasteiger partial charge in [-0.25, -0.2) is 13.4 Å². The summed E-state index contributed by atoms with van der Waals surface area (Å²) in [5.74, 6) is 0.757. The molecule has 1 aliphatic heterocycles. The number of nitrogens with one attached hydrogen (secondary N) is 1. The van der Waals surface area contributed by atoms with E-state index < -0.39 is 10.0 Å². The molecule has 7 nitrogen and oxygen atoms in total. The zero-order valence-electron chi connectivity index (χ0n) is 20.0. The highest BCUT2D eigenvalue weighted by atomic mass is 32.2. The molecule has 1 aliphatic rings. The number of nitrogens with zero attached hydrogens (tertiary/aromatic N) is 3. The fourth-order valence-electron chi connectivity index (χ4n) is 4.66. The smallest absolute Gasteiger partial charge is 0.243 e. The van der Waals surface area contributed by atoms with Crippen LogP contribution in [0.4, 0.5) is 0 Å². The van der Waals surface area contributed by atoms with Gasteiger partial charge in [-0.3, -0.25) is 4.79 Å². The van der Waals surface area contributed by atoms with E-state index in [2.05, 4.69) is 17.2 Å². The molecule has 0 aliphatic carbocycles. The first-order valence-electron chi connectivity index (χ1n) is 12.2. The molecular formula is C26H34N4O3S. The molecule has 182 valence electrons. The summed E-state index contributed by atoms with van der Waals surface area (Å²) in [6, 6.07) is 15.2. The van der Waals surface area contributed by atoms with Crippen LogP contribution in [0.3, 0.4) is 0 Å². The Morgan fingerprint density at radius 1 is 1.09 bits per heavy atom. The fraction of sp³-hybridized carbons (Fsp3) is 0.462. The van der Waals surface area contributed by atoms with Crippen molar-refractivity contribution in [3.63, 3.8) is 0 Å². The van der Waals surface area contributed by atoms with Crippen molar-refractivity contribution in [1.82, 2.24) is 19.2 Å². The van der Waals surface area contributed by atoms with Crippen molar-refractivity contribution in [3.05, 3.63) is 59.9 Å². The first kappa shape index (κ1) is 24.4. The maximum Gasteiger partial charge on any atom is 0.243 e. The van der Waals surface area contributed by atoms with Crippen molar-refractivity contribution in [2.75, 3.05) is 13.1 Å². The van der Waals surface area contributed by atoms with E-state index in [1.165, 1.54) is 0 Å². The Labute approximate surface area is 202 Å². The number of carbonyl (C=O) groups is 1. The van der Waals surface area contributed by atoms with Crippen molar-refractivity contribution in [2.24, 2.45) is 7.05 Å². The summed E-state index contributed by atoms with van der Waals surface area (Å²) in [7, 11) is -1.60. The van der Waals surface area contributed by atoms with E-state index in [0.717, 1.165) is 49.0 Å². The third-order valence-corrected chi connectivity index (χ3v) is 8.48. The molecule has 1 N–H and O–H groups in total. The van der Waals surface area contributed by atoms with Gasteiger partial charge in [0.05, 0.1) is 22.0 Å². The molecule has 1 fully saturated rings. The summed E-state index contributed by atoms with van der Waals surface area (Å²) in [4.78, 5) is 17.7. The van der Waals surface area contributed by atoms with Crippen LogP contribution in [0.5, 0.6) is 0 Å². The van der Waals surface area contributed by atoms with Gasteiger partial charge in [0.2, 0.25) is 15.9 Å². The topological polar surface area (TPSA) is 84.3 Å². The molecule has 0 saturated carbocycles. The molecule has 1 saturated heterocycles. The molecule has 1 amide bonds. The van der Waals surface area contributed by atoms with Crippen LogP contribution in [0.2, 0.25) is 0 Å². The molecule has 34 heavy (non-hydrogen) atoms. The molecule has 8 heteroatoms. The predicted octanol–water partition coefficient (Wildman–Crippen LogP) is 4.34. The molecule has 1 unspecified atom stereocenters. The number of sulfonamides is 1. The molecule has 1 aromatic heterocycles. The lowest BCUT2D eigenvalue weighted by Gasteiger charge is -2.25. The van der Waals surface area contributed by atoms with Crippen LogP contribution in [0.15, 0.2) is 53.4 Å². The van der Waals surface area contributed by atoms with Crippen LogP contribution >= 0.6 is 0 Å². The van der Waals surface area contributed by atoms with Crippen LogP contribution in [0, 0.1) is 0 Å². The number of rotatable bonds is 9. The molecule has 0 spiro atoms. The van der Waals surface area contributed by atoms with Gasteiger partial charge in [-0.05, 0) is 43.0 Å². The van der Waals surface area contributed by atoms with Crippen LogP contribution in [0.25, 0.3) is 11.0 Å². The van der Waals surface area contributed by atoms with E-state index in [0.29, 0.717) is 31.4 Å². The van der Waals surface area contributed by atoms with Gasteiger partial charge >= 0.3 is 0 Å². The Kier molecular flexibility index (Phi) is 7.68. The van der Waals surface area contributed by atoms with Gasteiger partial charge < -0.3 is 9.88 Å². The lowest BCUT2D eigenvalue weighted by atomic mass is 10.0. The molecule has 2 aromatic carbocycles. The number of aromatic nitrogens is 2. The van der Waals surface area contributed by atoms with Crippen molar-refractivity contribution < 1.29 is 13.2 Å². The van der Waals surface area contributed by atoms with E-state index >= 15 is 0 Å². The summed E-state index contributed by atoms with van der Waals surface area (Å²) in [6.45, 7) is 3.26. The van der Waals surface area contributed by atoms with Crippen LogP contribution in [-0.4, -0.2) is 41.3 Å². The third kappa shape index (κ3) is 5.33. The summed E-state index contributed by atoms with van der Waals surface area (Å²) >= 11 is 0. The fourth-order valence-corrected chi connectivity index (χ4v) is 6.19. The average Bonchev–Trinajstić information content (AvgIpc) is 3.18. The quantitative estimate of drug-likeness (QED) is 0.492. The zero-order chi connectivity index (χ0) is 24.1. The first-order valence-corrected chi connectivity index (χ1v) is 13.6. The molecule has 3 aromatic rings. The average molecular weight is 483 g/mol. The highest BCUT2D eigenvalue weighted by Crippen LogP contribution is 2.25. The second-order valence-corrected chi connectivity index (χ2v) is 11.0. The third-order valence-electron chi connectivity index (χ3n) is 6.59. The van der Waals surface area contributed by atoms with Crippen molar-refractivity contribution >= 4 is 27.0 Å². The Hall–Kier alpha value is -2.71. The molecule has 0 radical (unpaired) electrons. The van der Waals surface area contributed by atoms with E-state index in [-0.39, 0.29) is 16.8 Å². The van der Waals surface area contributed by atoms with Crippen molar-refractivity contribution in [2.45, 2.75) is 62.8 Å². The number of hydrogen-bond acceptors (Lipinski definition) is 4.